The van der Waals surface area contributed by atoms with E-state index in [2.05, 4.69) is 15.4 Å². The number of nitrogens with one attached hydrogen (secondary N) is 1. The second-order valence-corrected chi connectivity index (χ2v) is 6.26. The summed E-state index contributed by atoms with van der Waals surface area (Å²) in [6.45, 7) is 7.87. The maximum atomic E-state index is 12.8. The summed E-state index contributed by atoms with van der Waals surface area (Å²) in [6, 6.07) is 7.41. The molecule has 0 atom stereocenters. The molecule has 3 rings (SSSR count). The largest absolute Gasteiger partial charge is 0.399 e. The third-order valence-corrected chi connectivity index (χ3v) is 3.94. The Morgan fingerprint density at radius 1 is 1.19 bits per heavy atom. The summed E-state index contributed by atoms with van der Waals surface area (Å²) in [5.41, 5.74) is 10.2. The molecule has 26 heavy (non-hydrogen) atoms. The molecule has 3 N–H and O–H groups in total. The van der Waals surface area contributed by atoms with Gasteiger partial charge in [-0.05, 0) is 51.5 Å². The average molecular weight is 396 g/mol. The number of hydrogen-bond donors (Lipinski definition) is 2. The van der Waals surface area contributed by atoms with Crippen LogP contribution in [0.5, 0.6) is 0 Å². The van der Waals surface area contributed by atoms with Crippen molar-refractivity contribution in [1.29, 1.82) is 0 Å². The number of hydrogen-bond acceptors (Lipinski definition) is 4. The average Bonchev–Trinajstić information content (AvgIpc) is 2.93. The molecule has 0 saturated heterocycles. The summed E-state index contributed by atoms with van der Waals surface area (Å²) >= 11 is 0. The Balaban J connectivity index is 0.00000169. The number of amides is 1. The van der Waals surface area contributed by atoms with Crippen LogP contribution in [0.25, 0.3) is 11.0 Å². The smallest absolute Gasteiger partial charge is 0.256 e. The van der Waals surface area contributed by atoms with Crippen LogP contribution in [0, 0.1) is 13.8 Å². The van der Waals surface area contributed by atoms with E-state index >= 15 is 0 Å². The maximum Gasteiger partial charge on any atom is 0.256 e. The first-order chi connectivity index (χ1) is 11.4. The summed E-state index contributed by atoms with van der Waals surface area (Å²) in [5.74, 6) is -0.192. The molecule has 0 aliphatic carbocycles. The SMILES string of the molecule is Cc1cc(C(=O)Nc2cc(N)ccc2C)c2cnn(C(C)C)c2n1.Cl.Cl. The van der Waals surface area contributed by atoms with Crippen LogP contribution in [-0.2, 0) is 0 Å². The van der Waals surface area contributed by atoms with Gasteiger partial charge in [-0.25, -0.2) is 9.67 Å². The molecule has 3 aromatic rings. The van der Waals surface area contributed by atoms with E-state index in [1.165, 1.54) is 0 Å². The number of nitrogens with zero attached hydrogens (tertiary/aromatic N) is 3. The van der Waals surface area contributed by atoms with Crippen LogP contribution in [0.3, 0.4) is 0 Å². The summed E-state index contributed by atoms with van der Waals surface area (Å²) in [7, 11) is 0. The van der Waals surface area contributed by atoms with Gasteiger partial charge in [0, 0.05) is 23.1 Å². The van der Waals surface area contributed by atoms with Crippen molar-refractivity contribution in [3.05, 3.63) is 47.3 Å². The number of aromatic nitrogens is 3. The minimum Gasteiger partial charge on any atom is -0.399 e. The number of benzene rings is 1. The molecular weight excluding hydrogens is 373 g/mol. The van der Waals surface area contributed by atoms with Gasteiger partial charge in [0.1, 0.15) is 0 Å². The van der Waals surface area contributed by atoms with Crippen molar-refractivity contribution in [3.8, 4) is 0 Å². The van der Waals surface area contributed by atoms with E-state index in [0.29, 0.717) is 16.9 Å². The standard InChI is InChI=1S/C18H21N5O.2ClH/c1-10(2)23-17-15(9-20-23)14(7-12(4)21-17)18(24)22-16-8-13(19)6-5-11(16)3;;/h5-10H,19H2,1-4H3,(H,22,24);2*1H. The van der Waals surface area contributed by atoms with Crippen LogP contribution in [0.2, 0.25) is 0 Å². The van der Waals surface area contributed by atoms with Gasteiger partial charge in [-0.2, -0.15) is 5.10 Å². The van der Waals surface area contributed by atoms with Crippen molar-refractivity contribution in [1.82, 2.24) is 14.8 Å². The number of anilines is 2. The molecule has 2 aromatic heterocycles. The number of halogens is 2. The molecule has 0 saturated carbocycles. The van der Waals surface area contributed by atoms with Gasteiger partial charge < -0.3 is 11.1 Å². The van der Waals surface area contributed by atoms with Crippen molar-refractivity contribution in [3.63, 3.8) is 0 Å². The first-order valence-electron chi connectivity index (χ1n) is 7.89. The van der Waals surface area contributed by atoms with E-state index in [-0.39, 0.29) is 36.8 Å². The molecular formula is C18H23Cl2N5O. The highest BCUT2D eigenvalue weighted by Crippen LogP contribution is 2.24. The second-order valence-electron chi connectivity index (χ2n) is 6.26. The van der Waals surface area contributed by atoms with E-state index in [9.17, 15) is 4.79 Å². The predicted molar refractivity (Wildman–Crippen MR) is 111 cm³/mol. The molecule has 6 nitrogen and oxygen atoms in total. The Hall–Kier alpha value is -2.31. The van der Waals surface area contributed by atoms with Gasteiger partial charge >= 0.3 is 0 Å². The third-order valence-electron chi connectivity index (χ3n) is 3.94. The fourth-order valence-corrected chi connectivity index (χ4v) is 2.67. The van der Waals surface area contributed by atoms with E-state index < -0.39 is 0 Å². The molecule has 0 fully saturated rings. The highest BCUT2D eigenvalue weighted by molar-refractivity contribution is 6.12. The first-order valence-corrected chi connectivity index (χ1v) is 7.89. The molecule has 2 heterocycles. The number of rotatable bonds is 3. The summed E-state index contributed by atoms with van der Waals surface area (Å²) in [4.78, 5) is 17.3. The summed E-state index contributed by atoms with van der Waals surface area (Å²) in [5, 5.41) is 8.06. The predicted octanol–water partition coefficient (Wildman–Crippen LogP) is 4.31. The zero-order chi connectivity index (χ0) is 17.4. The number of pyridine rings is 1. The number of nitrogen functional groups attached to an aromatic ring is 1. The second kappa shape index (κ2) is 8.38. The van der Waals surface area contributed by atoms with Crippen molar-refractivity contribution in [2.24, 2.45) is 0 Å². The number of aryl methyl sites for hydroxylation is 2. The summed E-state index contributed by atoms with van der Waals surface area (Å²) in [6.07, 6.45) is 1.70. The van der Waals surface area contributed by atoms with E-state index in [0.717, 1.165) is 22.3 Å². The molecule has 140 valence electrons. The van der Waals surface area contributed by atoms with Crippen LogP contribution in [-0.4, -0.2) is 20.7 Å². The Morgan fingerprint density at radius 3 is 2.54 bits per heavy atom. The van der Waals surface area contributed by atoms with E-state index in [4.69, 9.17) is 5.73 Å². The number of carbonyl (C=O) groups is 1. The molecule has 0 unspecified atom stereocenters. The van der Waals surface area contributed by atoms with Crippen molar-refractivity contribution >= 4 is 53.1 Å². The lowest BCUT2D eigenvalue weighted by Crippen LogP contribution is -2.14. The molecule has 0 radical (unpaired) electrons. The van der Waals surface area contributed by atoms with Crippen molar-refractivity contribution in [2.45, 2.75) is 33.7 Å². The maximum absolute atomic E-state index is 12.8. The first kappa shape index (κ1) is 21.7. The molecule has 0 aliphatic rings. The lowest BCUT2D eigenvalue weighted by molar-refractivity contribution is 0.102. The number of fused-ring (bicyclic) bond motifs is 1. The highest BCUT2D eigenvalue weighted by Gasteiger charge is 2.17. The molecule has 0 spiro atoms. The third kappa shape index (κ3) is 4.08. The Kier molecular flexibility index (Phi) is 7.00. The molecule has 1 amide bonds. The van der Waals surface area contributed by atoms with Gasteiger partial charge in [-0.15, -0.1) is 24.8 Å². The monoisotopic (exact) mass is 395 g/mol. The number of carbonyl (C=O) groups excluding carboxylic acids is 1. The van der Waals surface area contributed by atoms with Gasteiger partial charge in [0.05, 0.1) is 17.1 Å². The fraction of sp³-hybridized carbons (Fsp3) is 0.278. The van der Waals surface area contributed by atoms with Crippen LogP contribution in [0.4, 0.5) is 11.4 Å². The quantitative estimate of drug-likeness (QED) is 0.646. The minimum atomic E-state index is -0.192. The van der Waals surface area contributed by atoms with Crippen LogP contribution in [0.15, 0.2) is 30.5 Å². The Labute approximate surface area is 165 Å². The Bertz CT molecular complexity index is 937. The van der Waals surface area contributed by atoms with Gasteiger partial charge in [0.25, 0.3) is 5.91 Å². The fourth-order valence-electron chi connectivity index (χ4n) is 2.67. The lowest BCUT2D eigenvalue weighted by atomic mass is 10.1. The van der Waals surface area contributed by atoms with Gasteiger partial charge in [-0.3, -0.25) is 4.79 Å². The molecule has 0 bridgehead atoms. The highest BCUT2D eigenvalue weighted by atomic mass is 35.5. The molecule has 1 aromatic carbocycles. The Morgan fingerprint density at radius 2 is 1.88 bits per heavy atom. The van der Waals surface area contributed by atoms with E-state index in [1.54, 1.807) is 18.3 Å². The zero-order valence-electron chi connectivity index (χ0n) is 15.1. The molecule has 8 heteroatoms. The van der Waals surface area contributed by atoms with Crippen LogP contribution >= 0.6 is 24.8 Å². The van der Waals surface area contributed by atoms with Crippen molar-refractivity contribution in [2.75, 3.05) is 11.1 Å². The van der Waals surface area contributed by atoms with Crippen LogP contribution in [0.1, 0.15) is 41.5 Å². The zero-order valence-corrected chi connectivity index (χ0v) is 16.7. The minimum absolute atomic E-state index is 0. The number of nitrogens with two attached hydrogens (primary N) is 1. The van der Waals surface area contributed by atoms with E-state index in [1.807, 2.05) is 44.5 Å². The normalized spacial score (nSPS) is 10.3. The topological polar surface area (TPSA) is 85.8 Å². The summed E-state index contributed by atoms with van der Waals surface area (Å²) < 4.78 is 1.82. The van der Waals surface area contributed by atoms with Gasteiger partial charge in [0.2, 0.25) is 0 Å². The van der Waals surface area contributed by atoms with Gasteiger partial charge in [0.15, 0.2) is 5.65 Å². The lowest BCUT2D eigenvalue weighted by Gasteiger charge is -2.11. The van der Waals surface area contributed by atoms with Gasteiger partial charge in [-0.1, -0.05) is 6.07 Å². The molecule has 0 aliphatic heterocycles. The van der Waals surface area contributed by atoms with Crippen LogP contribution < -0.4 is 11.1 Å². The van der Waals surface area contributed by atoms with Crippen molar-refractivity contribution < 1.29 is 4.79 Å².